The Kier molecular flexibility index (Phi) is 4.18. The van der Waals surface area contributed by atoms with E-state index in [-0.39, 0.29) is 30.7 Å². The minimum Gasteiger partial charge on any atom is -0.324 e. The van der Waals surface area contributed by atoms with Gasteiger partial charge in [0.05, 0.1) is 28.5 Å². The molecule has 7 nitrogen and oxygen atoms in total. The summed E-state index contributed by atoms with van der Waals surface area (Å²) in [4.78, 5) is 37.9. The first-order chi connectivity index (χ1) is 12.6. The first-order valence-corrected chi connectivity index (χ1v) is 8.84. The van der Waals surface area contributed by atoms with Crippen LogP contribution in [0, 0.1) is 0 Å². The van der Waals surface area contributed by atoms with E-state index in [1.165, 1.54) is 4.90 Å². The number of fused-ring (bicyclic) bond motifs is 2. The zero-order valence-corrected chi connectivity index (χ0v) is 14.5. The summed E-state index contributed by atoms with van der Waals surface area (Å²) < 4.78 is 8.31. The highest BCUT2D eigenvalue weighted by atomic mass is 32.1. The standard InChI is InChI=1S/C18H14N4O3S/c23-15(19-13-7-3-8-14-16(13)21-26-20-14)9-4-10-22-17(24)11-5-1-2-6-12(11)18(22)25/h1-3,5-8H,4,9-10H2,(H,19,23). The zero-order chi connectivity index (χ0) is 18.1. The fourth-order valence-electron chi connectivity index (χ4n) is 2.96. The van der Waals surface area contributed by atoms with Crippen LogP contribution in [0.25, 0.3) is 11.0 Å². The molecule has 1 N–H and O–H groups in total. The Morgan fingerprint density at radius 1 is 1.00 bits per heavy atom. The molecule has 0 aliphatic carbocycles. The van der Waals surface area contributed by atoms with Gasteiger partial charge in [-0.15, -0.1) is 0 Å². The van der Waals surface area contributed by atoms with Crippen LogP contribution in [0.5, 0.6) is 0 Å². The highest BCUT2D eigenvalue weighted by molar-refractivity contribution is 7.00. The topological polar surface area (TPSA) is 92.3 Å². The SMILES string of the molecule is O=C(CCCN1C(=O)c2ccccc2C1=O)Nc1cccc2nsnc12. The first kappa shape index (κ1) is 16.3. The predicted molar refractivity (Wildman–Crippen MR) is 97.1 cm³/mol. The van der Waals surface area contributed by atoms with Crippen molar-refractivity contribution in [1.82, 2.24) is 13.6 Å². The molecule has 0 bridgehead atoms. The third-order valence-corrected chi connectivity index (χ3v) is 4.77. The van der Waals surface area contributed by atoms with Crippen LogP contribution in [0.15, 0.2) is 42.5 Å². The summed E-state index contributed by atoms with van der Waals surface area (Å²) in [6.07, 6.45) is 0.587. The Bertz CT molecular complexity index is 995. The highest BCUT2D eigenvalue weighted by Gasteiger charge is 2.34. The number of amides is 3. The average Bonchev–Trinajstić information content (AvgIpc) is 3.22. The molecule has 0 radical (unpaired) electrons. The van der Waals surface area contributed by atoms with Gasteiger partial charge >= 0.3 is 0 Å². The van der Waals surface area contributed by atoms with Gasteiger partial charge < -0.3 is 5.32 Å². The normalized spacial score (nSPS) is 13.3. The van der Waals surface area contributed by atoms with E-state index in [1.54, 1.807) is 36.4 Å². The molecule has 0 atom stereocenters. The molecule has 0 saturated carbocycles. The minimum atomic E-state index is -0.302. The van der Waals surface area contributed by atoms with Gasteiger partial charge in [0.1, 0.15) is 11.0 Å². The number of aromatic nitrogens is 2. The number of nitrogens with zero attached hydrogens (tertiary/aromatic N) is 3. The van der Waals surface area contributed by atoms with E-state index in [4.69, 9.17) is 0 Å². The molecular formula is C18H14N4O3S. The largest absolute Gasteiger partial charge is 0.324 e. The lowest BCUT2D eigenvalue weighted by atomic mass is 10.1. The third-order valence-electron chi connectivity index (χ3n) is 4.22. The molecule has 0 spiro atoms. The van der Waals surface area contributed by atoms with Gasteiger partial charge in [-0.05, 0) is 30.7 Å². The van der Waals surface area contributed by atoms with Crippen molar-refractivity contribution in [3.63, 3.8) is 0 Å². The van der Waals surface area contributed by atoms with E-state index in [2.05, 4.69) is 14.1 Å². The summed E-state index contributed by atoms with van der Waals surface area (Å²) in [5.74, 6) is -0.796. The second-order valence-electron chi connectivity index (χ2n) is 5.90. The number of nitrogens with one attached hydrogen (secondary N) is 1. The average molecular weight is 366 g/mol. The van der Waals surface area contributed by atoms with E-state index < -0.39 is 0 Å². The highest BCUT2D eigenvalue weighted by Crippen LogP contribution is 2.23. The van der Waals surface area contributed by atoms with Gasteiger partial charge in [0, 0.05) is 13.0 Å². The first-order valence-electron chi connectivity index (χ1n) is 8.11. The van der Waals surface area contributed by atoms with Crippen LogP contribution in [0.4, 0.5) is 5.69 Å². The molecule has 1 aliphatic rings. The molecule has 3 amide bonds. The van der Waals surface area contributed by atoms with Gasteiger partial charge in [-0.25, -0.2) is 0 Å². The lowest BCUT2D eigenvalue weighted by Crippen LogP contribution is -2.31. The number of anilines is 1. The van der Waals surface area contributed by atoms with Crippen molar-refractivity contribution in [3.8, 4) is 0 Å². The summed E-state index contributed by atoms with van der Waals surface area (Å²) in [6, 6.07) is 12.2. The molecule has 4 rings (SSSR count). The van der Waals surface area contributed by atoms with Crippen molar-refractivity contribution < 1.29 is 14.4 Å². The molecule has 0 saturated heterocycles. The van der Waals surface area contributed by atoms with Gasteiger partial charge in [0.15, 0.2) is 0 Å². The summed E-state index contributed by atoms with van der Waals surface area (Å²) in [5, 5.41) is 2.81. The second kappa shape index (κ2) is 6.64. The maximum atomic E-state index is 12.3. The van der Waals surface area contributed by atoms with Crippen LogP contribution in [-0.2, 0) is 4.79 Å². The second-order valence-corrected chi connectivity index (χ2v) is 6.43. The number of carbonyl (C=O) groups excluding carboxylic acids is 3. The molecule has 130 valence electrons. The van der Waals surface area contributed by atoms with Crippen LogP contribution >= 0.6 is 11.7 Å². The molecule has 2 aromatic carbocycles. The molecule has 1 aromatic heterocycles. The van der Waals surface area contributed by atoms with Crippen LogP contribution in [0.2, 0.25) is 0 Å². The van der Waals surface area contributed by atoms with Crippen LogP contribution < -0.4 is 5.32 Å². The minimum absolute atomic E-state index is 0.192. The number of rotatable bonds is 5. The van der Waals surface area contributed by atoms with Crippen molar-refractivity contribution in [2.75, 3.05) is 11.9 Å². The Morgan fingerprint density at radius 2 is 1.73 bits per heavy atom. The number of carbonyl (C=O) groups is 3. The summed E-state index contributed by atoms with van der Waals surface area (Å²) in [5.41, 5.74) is 2.85. The number of hydrogen-bond acceptors (Lipinski definition) is 6. The Morgan fingerprint density at radius 3 is 2.46 bits per heavy atom. The number of hydrogen-bond donors (Lipinski definition) is 1. The van der Waals surface area contributed by atoms with Gasteiger partial charge in [0.25, 0.3) is 11.8 Å². The summed E-state index contributed by atoms with van der Waals surface area (Å²) in [7, 11) is 0. The van der Waals surface area contributed by atoms with E-state index in [0.717, 1.165) is 17.2 Å². The van der Waals surface area contributed by atoms with Gasteiger partial charge in [0.2, 0.25) is 5.91 Å². The van der Waals surface area contributed by atoms with Crippen LogP contribution in [0.1, 0.15) is 33.6 Å². The lowest BCUT2D eigenvalue weighted by Gasteiger charge is -2.13. The molecule has 8 heteroatoms. The van der Waals surface area contributed by atoms with E-state index in [9.17, 15) is 14.4 Å². The summed E-state index contributed by atoms with van der Waals surface area (Å²) >= 11 is 1.09. The van der Waals surface area contributed by atoms with E-state index in [1.807, 2.05) is 6.07 Å². The zero-order valence-electron chi connectivity index (χ0n) is 13.6. The quantitative estimate of drug-likeness (QED) is 0.701. The molecule has 0 unspecified atom stereocenters. The fourth-order valence-corrected chi connectivity index (χ4v) is 3.51. The number of imide groups is 1. The van der Waals surface area contributed by atoms with E-state index >= 15 is 0 Å². The molecular weight excluding hydrogens is 352 g/mol. The Balaban J connectivity index is 1.35. The van der Waals surface area contributed by atoms with Crippen LogP contribution in [0.3, 0.4) is 0 Å². The van der Waals surface area contributed by atoms with E-state index in [0.29, 0.717) is 28.8 Å². The molecule has 2 heterocycles. The Hall–Kier alpha value is -3.13. The van der Waals surface area contributed by atoms with Crippen molar-refractivity contribution in [2.45, 2.75) is 12.8 Å². The number of benzene rings is 2. The third kappa shape index (κ3) is 2.84. The maximum absolute atomic E-state index is 12.3. The molecule has 3 aromatic rings. The van der Waals surface area contributed by atoms with Crippen molar-refractivity contribution in [3.05, 3.63) is 53.6 Å². The summed E-state index contributed by atoms with van der Waals surface area (Å²) in [6.45, 7) is 0.211. The van der Waals surface area contributed by atoms with Gasteiger partial charge in [-0.3, -0.25) is 19.3 Å². The predicted octanol–water partition coefficient (Wildman–Crippen LogP) is 2.71. The van der Waals surface area contributed by atoms with Crippen LogP contribution in [-0.4, -0.2) is 37.9 Å². The molecule has 1 aliphatic heterocycles. The Labute approximate surface area is 153 Å². The lowest BCUT2D eigenvalue weighted by molar-refractivity contribution is -0.116. The van der Waals surface area contributed by atoms with Gasteiger partial charge in [-0.1, -0.05) is 18.2 Å². The van der Waals surface area contributed by atoms with Crippen molar-refractivity contribution in [2.24, 2.45) is 0 Å². The fraction of sp³-hybridized carbons (Fsp3) is 0.167. The molecule has 0 fully saturated rings. The molecule has 26 heavy (non-hydrogen) atoms. The smallest absolute Gasteiger partial charge is 0.261 e. The maximum Gasteiger partial charge on any atom is 0.261 e. The van der Waals surface area contributed by atoms with Crippen molar-refractivity contribution >= 4 is 46.2 Å². The van der Waals surface area contributed by atoms with Crippen molar-refractivity contribution in [1.29, 1.82) is 0 Å². The monoisotopic (exact) mass is 366 g/mol. The van der Waals surface area contributed by atoms with Gasteiger partial charge in [-0.2, -0.15) is 8.75 Å².